The van der Waals surface area contributed by atoms with Crippen LogP contribution in [0.2, 0.25) is 0 Å². The van der Waals surface area contributed by atoms with Gasteiger partial charge in [0.25, 0.3) is 0 Å². The number of esters is 3. The Hall–Kier alpha value is -5.32. The number of rotatable bonds is 12. The summed E-state index contributed by atoms with van der Waals surface area (Å²) in [5, 5.41) is 0. The van der Waals surface area contributed by atoms with Gasteiger partial charge in [-0.2, -0.15) is 0 Å². The number of benzene rings is 1. The standard InChI is InChI=1S/C19H23NO4.C12H17NO2.C7H7NO2/c1-3-4-6-9-16-13-12-15(18(21)23-2)14-20(16)19(22)24-17-10-7-5-8-11-17;1-3-4-5-6-11-8-7-10(9-13-11)12(14)15-2;1-10-7(9)6-3-2-4-8-5-6/h5,7-8,10-14,16H,3-4,6,9H2,1-2H3;7-9H,3-6H2,1-2H3;2-5H,1H3. The lowest BCUT2D eigenvalue weighted by Gasteiger charge is -2.29. The molecule has 1 unspecified atom stereocenters. The summed E-state index contributed by atoms with van der Waals surface area (Å²) in [7, 11) is 4.03. The van der Waals surface area contributed by atoms with Crippen LogP contribution in [-0.4, -0.2) is 66.2 Å². The predicted molar refractivity (Wildman–Crippen MR) is 186 cm³/mol. The molecule has 1 amide bonds. The van der Waals surface area contributed by atoms with Crippen LogP contribution in [0.3, 0.4) is 0 Å². The molecule has 1 aromatic carbocycles. The van der Waals surface area contributed by atoms with Crippen molar-refractivity contribution in [3.05, 3.63) is 114 Å². The highest BCUT2D eigenvalue weighted by Crippen LogP contribution is 2.22. The topological polar surface area (TPSA) is 134 Å². The molecule has 0 N–H and O–H groups in total. The van der Waals surface area contributed by atoms with Crippen molar-refractivity contribution in [1.82, 2.24) is 14.9 Å². The number of methoxy groups -OCH3 is 3. The van der Waals surface area contributed by atoms with Crippen molar-refractivity contribution in [2.75, 3.05) is 21.3 Å². The molecule has 3 heterocycles. The summed E-state index contributed by atoms with van der Waals surface area (Å²) >= 11 is 0. The summed E-state index contributed by atoms with van der Waals surface area (Å²) in [6, 6.07) is 15.8. The first-order valence-electron chi connectivity index (χ1n) is 16.3. The second-order valence-electron chi connectivity index (χ2n) is 10.8. The Kier molecular flexibility index (Phi) is 18.8. The summed E-state index contributed by atoms with van der Waals surface area (Å²) in [6.45, 7) is 4.31. The van der Waals surface area contributed by atoms with E-state index in [1.807, 2.05) is 18.2 Å². The van der Waals surface area contributed by atoms with Gasteiger partial charge in [0.15, 0.2) is 0 Å². The van der Waals surface area contributed by atoms with Gasteiger partial charge in [0.05, 0.1) is 44.1 Å². The number of aromatic nitrogens is 2. The van der Waals surface area contributed by atoms with Gasteiger partial charge in [0, 0.05) is 30.5 Å². The van der Waals surface area contributed by atoms with Gasteiger partial charge in [0.1, 0.15) is 5.75 Å². The van der Waals surface area contributed by atoms with E-state index in [2.05, 4.69) is 33.3 Å². The van der Waals surface area contributed by atoms with Crippen LogP contribution in [0, 0.1) is 0 Å². The van der Waals surface area contributed by atoms with Gasteiger partial charge in [-0.1, -0.05) is 70.2 Å². The number of hydrogen-bond donors (Lipinski definition) is 0. The van der Waals surface area contributed by atoms with Crippen LogP contribution in [0.4, 0.5) is 4.79 Å². The Morgan fingerprint density at radius 2 is 1.39 bits per heavy atom. The van der Waals surface area contributed by atoms with Gasteiger partial charge in [-0.05, 0) is 61.7 Å². The van der Waals surface area contributed by atoms with Gasteiger partial charge < -0.3 is 18.9 Å². The van der Waals surface area contributed by atoms with Crippen LogP contribution in [-0.2, 0) is 25.4 Å². The fourth-order valence-corrected chi connectivity index (χ4v) is 4.47. The van der Waals surface area contributed by atoms with E-state index in [9.17, 15) is 19.2 Å². The minimum Gasteiger partial charge on any atom is -0.465 e. The molecule has 0 radical (unpaired) electrons. The predicted octanol–water partition coefficient (Wildman–Crippen LogP) is 7.53. The Morgan fingerprint density at radius 3 is 1.96 bits per heavy atom. The summed E-state index contributed by atoms with van der Waals surface area (Å²) in [5.74, 6) is -0.691. The first-order chi connectivity index (χ1) is 23.8. The number of aryl methyl sites for hydroxylation is 1. The fraction of sp³-hybridized carbons (Fsp3) is 0.368. The monoisotopic (exact) mass is 673 g/mol. The zero-order chi connectivity index (χ0) is 35.9. The van der Waals surface area contributed by atoms with Crippen LogP contribution in [0.15, 0.2) is 97.1 Å². The van der Waals surface area contributed by atoms with E-state index in [1.54, 1.807) is 60.9 Å². The second kappa shape index (κ2) is 23.1. The number of unbranched alkanes of at least 4 members (excludes halogenated alkanes) is 4. The molecule has 1 aliphatic rings. The van der Waals surface area contributed by atoms with Crippen LogP contribution in [0.5, 0.6) is 5.75 Å². The van der Waals surface area contributed by atoms with Crippen molar-refractivity contribution in [3.8, 4) is 5.75 Å². The molecular formula is C38H47N3O8. The summed E-state index contributed by atoms with van der Waals surface area (Å²) in [5.41, 5.74) is 2.35. The number of nitrogens with zero attached hydrogens (tertiary/aromatic N) is 3. The lowest BCUT2D eigenvalue weighted by atomic mass is 10.0. The number of ether oxygens (including phenoxy) is 4. The minimum atomic E-state index is -0.506. The largest absolute Gasteiger partial charge is 0.465 e. The number of carbonyl (C=O) groups is 4. The second-order valence-corrected chi connectivity index (χ2v) is 10.8. The molecule has 2 aromatic heterocycles. The molecule has 0 bridgehead atoms. The maximum absolute atomic E-state index is 12.5. The molecule has 0 saturated heterocycles. The molecule has 0 aliphatic carbocycles. The van der Waals surface area contributed by atoms with Crippen molar-refractivity contribution < 1.29 is 38.1 Å². The van der Waals surface area contributed by atoms with Crippen LogP contribution in [0.25, 0.3) is 0 Å². The van der Waals surface area contributed by atoms with Gasteiger partial charge >= 0.3 is 24.0 Å². The summed E-state index contributed by atoms with van der Waals surface area (Å²) in [4.78, 5) is 55.6. The first-order valence-corrected chi connectivity index (χ1v) is 16.3. The van der Waals surface area contributed by atoms with Crippen molar-refractivity contribution >= 4 is 24.0 Å². The highest BCUT2D eigenvalue weighted by molar-refractivity contribution is 5.92. The highest BCUT2D eigenvalue weighted by Gasteiger charge is 2.26. The average Bonchev–Trinajstić information content (AvgIpc) is 3.15. The molecule has 11 nitrogen and oxygen atoms in total. The van der Waals surface area contributed by atoms with Crippen molar-refractivity contribution in [1.29, 1.82) is 0 Å². The van der Waals surface area contributed by atoms with E-state index in [4.69, 9.17) is 9.47 Å². The lowest BCUT2D eigenvalue weighted by Crippen LogP contribution is -2.39. The molecule has 1 atom stereocenters. The van der Waals surface area contributed by atoms with Gasteiger partial charge in [-0.15, -0.1) is 0 Å². The normalized spacial score (nSPS) is 13.0. The van der Waals surface area contributed by atoms with Crippen LogP contribution < -0.4 is 4.74 Å². The summed E-state index contributed by atoms with van der Waals surface area (Å²) in [6.07, 6.45) is 17.8. The molecule has 4 rings (SSSR count). The Balaban J connectivity index is 0.000000283. The van der Waals surface area contributed by atoms with E-state index in [1.165, 1.54) is 51.5 Å². The van der Waals surface area contributed by atoms with Crippen LogP contribution in [0.1, 0.15) is 85.2 Å². The SMILES string of the molecule is CCCCCC1C=CC(C(=O)OC)=CN1C(=O)Oc1ccccc1.CCCCCc1ccc(C(=O)OC)cn1.COC(=O)c1cccnc1. The number of hydrogen-bond acceptors (Lipinski definition) is 10. The molecule has 1 aliphatic heterocycles. The molecule has 3 aromatic rings. The number of carbonyl (C=O) groups excluding carboxylic acids is 4. The lowest BCUT2D eigenvalue weighted by molar-refractivity contribution is -0.135. The third kappa shape index (κ3) is 14.5. The van der Waals surface area contributed by atoms with E-state index >= 15 is 0 Å². The Labute approximate surface area is 289 Å². The number of amides is 1. The van der Waals surface area contributed by atoms with Gasteiger partial charge in [0.2, 0.25) is 0 Å². The van der Waals surface area contributed by atoms with Gasteiger partial charge in [-0.3, -0.25) is 14.9 Å². The number of pyridine rings is 2. The highest BCUT2D eigenvalue weighted by atomic mass is 16.6. The molecular weight excluding hydrogens is 626 g/mol. The minimum absolute atomic E-state index is 0.124. The molecule has 0 spiro atoms. The van der Waals surface area contributed by atoms with Gasteiger partial charge in [-0.25, -0.2) is 19.2 Å². The zero-order valence-electron chi connectivity index (χ0n) is 29.0. The van der Waals surface area contributed by atoms with Crippen molar-refractivity contribution in [3.63, 3.8) is 0 Å². The van der Waals surface area contributed by atoms with E-state index < -0.39 is 12.1 Å². The Bertz CT molecular complexity index is 1490. The van der Waals surface area contributed by atoms with E-state index in [0.29, 0.717) is 22.4 Å². The molecule has 0 saturated carbocycles. The molecule has 49 heavy (non-hydrogen) atoms. The maximum Gasteiger partial charge on any atom is 0.419 e. The van der Waals surface area contributed by atoms with Crippen LogP contribution >= 0.6 is 0 Å². The smallest absolute Gasteiger partial charge is 0.419 e. The third-order valence-electron chi connectivity index (χ3n) is 7.18. The van der Waals surface area contributed by atoms with E-state index in [-0.39, 0.29) is 18.0 Å². The zero-order valence-corrected chi connectivity index (χ0v) is 29.0. The van der Waals surface area contributed by atoms with Crippen molar-refractivity contribution in [2.24, 2.45) is 0 Å². The molecule has 0 fully saturated rings. The molecule has 262 valence electrons. The quantitative estimate of drug-likeness (QED) is 0.108. The van der Waals surface area contributed by atoms with E-state index in [0.717, 1.165) is 44.2 Å². The fourth-order valence-electron chi connectivity index (χ4n) is 4.47. The third-order valence-corrected chi connectivity index (χ3v) is 7.18. The average molecular weight is 674 g/mol. The summed E-state index contributed by atoms with van der Waals surface area (Å²) < 4.78 is 19.2. The van der Waals surface area contributed by atoms with Crippen molar-refractivity contribution in [2.45, 2.75) is 71.3 Å². The Morgan fingerprint density at radius 1 is 0.735 bits per heavy atom. The first kappa shape index (κ1) is 39.9. The maximum atomic E-state index is 12.5. The number of para-hydroxylation sites is 1. The molecule has 11 heteroatoms.